The number of anilines is 1. The molecule has 0 fully saturated rings. The van der Waals surface area contributed by atoms with Gasteiger partial charge in [0.25, 0.3) is 0 Å². The molecule has 2 aromatic heterocycles. The van der Waals surface area contributed by atoms with Crippen LogP contribution in [0.25, 0.3) is 0 Å². The fourth-order valence-electron chi connectivity index (χ4n) is 2.00. The van der Waals surface area contributed by atoms with E-state index in [4.69, 9.17) is 55.3 Å². The zero-order valence-corrected chi connectivity index (χ0v) is 24.3. The van der Waals surface area contributed by atoms with Gasteiger partial charge in [0, 0.05) is 11.8 Å². The van der Waals surface area contributed by atoms with Crippen molar-refractivity contribution in [2.24, 2.45) is 4.99 Å². The Labute approximate surface area is 247 Å². The molecule has 2 heterocycles. The van der Waals surface area contributed by atoms with E-state index in [0.29, 0.717) is 5.75 Å². The molecule has 0 aliphatic rings. The van der Waals surface area contributed by atoms with Crippen LogP contribution in [0.4, 0.5) is 21.2 Å². The number of carbonyl (C=O) groups is 2. The molecule has 2 rings (SSSR count). The molecule has 40 heavy (non-hydrogen) atoms. The number of hydrogen-bond donors (Lipinski definition) is 7. The predicted molar refractivity (Wildman–Crippen MR) is 147 cm³/mol. The predicted octanol–water partition coefficient (Wildman–Crippen LogP) is 2.55. The fourth-order valence-corrected chi connectivity index (χ4v) is 2.44. The van der Waals surface area contributed by atoms with Gasteiger partial charge >= 0.3 is 12.2 Å². The normalized spacial score (nSPS) is 9.88. The summed E-state index contributed by atoms with van der Waals surface area (Å²) in [6, 6.07) is 0. The lowest BCUT2D eigenvalue weighted by Gasteiger charge is -2.11. The monoisotopic (exact) mass is 646 g/mol. The second kappa shape index (κ2) is 21.3. The van der Waals surface area contributed by atoms with E-state index in [1.165, 1.54) is 31.6 Å². The second-order valence-electron chi connectivity index (χ2n) is 5.89. The molecule has 0 unspecified atom stereocenters. The van der Waals surface area contributed by atoms with Gasteiger partial charge in [-0.05, 0) is 49.3 Å². The molecule has 222 valence electrons. The van der Waals surface area contributed by atoms with Crippen LogP contribution in [0.2, 0.25) is 10.6 Å². The van der Waals surface area contributed by atoms with Gasteiger partial charge in [0.1, 0.15) is 0 Å². The Kier molecular flexibility index (Phi) is 19.4. The topological polar surface area (TPSA) is 236 Å². The molecule has 0 saturated carbocycles. The molecule has 2 amide bonds. The van der Waals surface area contributed by atoms with Gasteiger partial charge in [-0.1, -0.05) is 0 Å². The van der Waals surface area contributed by atoms with E-state index in [9.17, 15) is 9.59 Å². The molecule has 0 aliphatic carbocycles. The molecule has 18 nitrogen and oxygen atoms in total. The number of ether oxygens (including phenoxy) is 4. The van der Waals surface area contributed by atoms with E-state index in [1.807, 2.05) is 0 Å². The summed E-state index contributed by atoms with van der Waals surface area (Å²) in [7, 11) is 2.83. The minimum Gasteiger partial charge on any atom is -0.491 e. The third-order valence-electron chi connectivity index (χ3n) is 3.41. The minimum absolute atomic E-state index is 0.0153. The molecular weight excluding hydrogens is 623 g/mol. The SMILES string of the molecule is CCOC(=O)NC(=Nc1nc(Cl)ncc1OC)NO.CCOC(=O)NC(=S)Nc1nc(Cl)ncc1OC.ONCl. The number of carbonyl (C=O) groups excluding carboxylic acids is 2. The highest BCUT2D eigenvalue weighted by Gasteiger charge is 2.12. The maximum absolute atomic E-state index is 11.2. The number of hydrogen-bond acceptors (Lipinski definition) is 15. The summed E-state index contributed by atoms with van der Waals surface area (Å²) in [6.07, 6.45) is 1.23. The maximum Gasteiger partial charge on any atom is 0.414 e. The van der Waals surface area contributed by atoms with Crippen LogP contribution in [0.5, 0.6) is 11.5 Å². The molecule has 0 aliphatic heterocycles. The van der Waals surface area contributed by atoms with Gasteiger partial charge in [-0.25, -0.2) is 25.0 Å². The van der Waals surface area contributed by atoms with E-state index < -0.39 is 12.2 Å². The Morgan fingerprint density at radius 1 is 0.950 bits per heavy atom. The van der Waals surface area contributed by atoms with Gasteiger partial charge in [0.2, 0.25) is 22.3 Å². The van der Waals surface area contributed by atoms with Crippen molar-refractivity contribution in [2.75, 3.05) is 32.8 Å². The van der Waals surface area contributed by atoms with Crippen LogP contribution in [-0.4, -0.2) is 81.0 Å². The molecule has 0 atom stereocenters. The number of hydroxylamine groups is 1. The van der Waals surface area contributed by atoms with E-state index in [1.54, 1.807) is 19.3 Å². The van der Waals surface area contributed by atoms with Crippen molar-refractivity contribution in [3.8, 4) is 11.5 Å². The van der Waals surface area contributed by atoms with Crippen LogP contribution in [0.3, 0.4) is 0 Å². The number of thiocarbonyl (C=S) groups is 1. The third kappa shape index (κ3) is 15.1. The quantitative estimate of drug-likeness (QED) is 0.0595. The first-order valence-electron chi connectivity index (χ1n) is 10.4. The lowest BCUT2D eigenvalue weighted by Crippen LogP contribution is -2.39. The number of aliphatic imine (C=N–C) groups is 1. The van der Waals surface area contributed by atoms with Gasteiger partial charge in [0.15, 0.2) is 22.4 Å². The van der Waals surface area contributed by atoms with E-state index in [-0.39, 0.29) is 52.2 Å². The summed E-state index contributed by atoms with van der Waals surface area (Å²) in [4.78, 5) is 42.4. The molecule has 7 N–H and O–H groups in total. The first-order valence-corrected chi connectivity index (χ1v) is 11.9. The molecule has 0 bridgehead atoms. The highest BCUT2D eigenvalue weighted by molar-refractivity contribution is 7.80. The summed E-state index contributed by atoms with van der Waals surface area (Å²) in [5, 5.41) is 23.0. The highest BCUT2D eigenvalue weighted by Crippen LogP contribution is 2.24. The summed E-state index contributed by atoms with van der Waals surface area (Å²) in [5.41, 5.74) is 1.69. The van der Waals surface area contributed by atoms with Crippen LogP contribution in [0.1, 0.15) is 13.8 Å². The van der Waals surface area contributed by atoms with Gasteiger partial charge in [-0.15, -0.1) is 5.00 Å². The van der Waals surface area contributed by atoms with E-state index in [2.05, 4.69) is 62.1 Å². The summed E-state index contributed by atoms with van der Waals surface area (Å²) >= 11 is 20.5. The second-order valence-corrected chi connectivity index (χ2v) is 7.14. The number of aromatic nitrogens is 4. The van der Waals surface area contributed by atoms with Gasteiger partial charge < -0.3 is 29.5 Å². The average Bonchev–Trinajstić information content (AvgIpc) is 2.89. The lowest BCUT2D eigenvalue weighted by molar-refractivity contribution is 0.154. The first kappa shape index (κ1) is 36.4. The van der Waals surface area contributed by atoms with Crippen LogP contribution < -0.4 is 35.9 Å². The lowest BCUT2D eigenvalue weighted by atomic mass is 10.5. The molecule has 2 aromatic rings. The van der Waals surface area contributed by atoms with Crippen molar-refractivity contribution in [1.82, 2.24) is 41.0 Å². The van der Waals surface area contributed by atoms with Gasteiger partial charge in [-0.3, -0.25) is 15.8 Å². The minimum atomic E-state index is -0.790. The number of rotatable bonds is 6. The highest BCUT2D eigenvalue weighted by atomic mass is 35.5. The number of alkyl carbamates (subject to hydrolysis) is 2. The van der Waals surface area contributed by atoms with Crippen molar-refractivity contribution in [1.29, 1.82) is 0 Å². The molecular formula is C18H25Cl3N10O8S. The Morgan fingerprint density at radius 2 is 1.45 bits per heavy atom. The third-order valence-corrected chi connectivity index (χ3v) is 3.98. The van der Waals surface area contributed by atoms with Gasteiger partial charge in [0.05, 0.1) is 39.8 Å². The molecule has 0 radical (unpaired) electrons. The molecule has 22 heteroatoms. The summed E-state index contributed by atoms with van der Waals surface area (Å²) in [5.74, 6) is 0.525. The number of halogens is 3. The molecule has 0 aromatic carbocycles. The van der Waals surface area contributed by atoms with Crippen molar-refractivity contribution in [3.63, 3.8) is 0 Å². The van der Waals surface area contributed by atoms with Gasteiger partial charge in [-0.2, -0.15) is 15.0 Å². The summed E-state index contributed by atoms with van der Waals surface area (Å²) in [6.45, 7) is 3.74. The van der Waals surface area contributed by atoms with Crippen LogP contribution in [0, 0.1) is 0 Å². The van der Waals surface area contributed by atoms with Crippen LogP contribution in [-0.2, 0) is 9.47 Å². The molecule has 0 saturated heterocycles. The van der Waals surface area contributed by atoms with E-state index in [0.717, 1.165) is 0 Å². The maximum atomic E-state index is 11.2. The first-order chi connectivity index (χ1) is 19.1. The van der Waals surface area contributed by atoms with Crippen molar-refractivity contribution in [3.05, 3.63) is 23.0 Å². The Morgan fingerprint density at radius 3 is 1.95 bits per heavy atom. The van der Waals surface area contributed by atoms with Crippen LogP contribution >= 0.6 is 47.2 Å². The number of guanidine groups is 1. The standard InChI is InChI=1S/C9H12ClN5O4.C9H11ClN4O3S.ClH2NO/c1-3-19-9(16)14-8(15-17)13-6-5(18-2)4-11-7(10)12-6;1-3-17-9(15)14-8(18)13-6-5(16-2)4-11-7(10)12-6;1-2-3/h4,17H,3H2,1-2H3,(H2,11,12,13,14,15,16);4H,3H2,1-2H3,(H2,11,12,13,14,15,18);2-3H. The number of nitrogens with zero attached hydrogens (tertiary/aromatic N) is 5. The Balaban J connectivity index is 0.000000693. The zero-order valence-electron chi connectivity index (χ0n) is 21.2. The average molecular weight is 648 g/mol. The van der Waals surface area contributed by atoms with Crippen molar-refractivity contribution >= 4 is 82.1 Å². The van der Waals surface area contributed by atoms with E-state index >= 15 is 0 Å². The molecule has 0 spiro atoms. The van der Waals surface area contributed by atoms with Crippen LogP contribution in [0.15, 0.2) is 17.4 Å². The smallest absolute Gasteiger partial charge is 0.414 e. The summed E-state index contributed by atoms with van der Waals surface area (Å²) < 4.78 is 19.2. The Bertz CT molecular complexity index is 1140. The Hall–Kier alpha value is -3.59. The number of methoxy groups -OCH3 is 2. The number of nitrogens with one attached hydrogen (secondary N) is 5. The fraction of sp³-hybridized carbons (Fsp3) is 0.333. The van der Waals surface area contributed by atoms with Crippen molar-refractivity contribution in [2.45, 2.75) is 13.8 Å². The van der Waals surface area contributed by atoms with Crippen molar-refractivity contribution < 1.29 is 39.0 Å². The number of amides is 2. The zero-order chi connectivity index (χ0) is 30.5. The largest absolute Gasteiger partial charge is 0.491 e.